The van der Waals surface area contributed by atoms with Gasteiger partial charge in [0.15, 0.2) is 0 Å². The van der Waals surface area contributed by atoms with E-state index in [0.29, 0.717) is 102 Å². The lowest BCUT2D eigenvalue weighted by atomic mass is 10.0. The summed E-state index contributed by atoms with van der Waals surface area (Å²) in [5.41, 5.74) is 2.80. The van der Waals surface area contributed by atoms with Crippen molar-refractivity contribution in [2.45, 2.75) is 13.5 Å². The van der Waals surface area contributed by atoms with E-state index in [4.69, 9.17) is 18.9 Å². The summed E-state index contributed by atoms with van der Waals surface area (Å²) in [5, 5.41) is 14.9. The molecule has 4 bridgehead atoms. The Kier molecular flexibility index (Phi) is 17.7. The molecule has 286 valence electrons. The Balaban J connectivity index is 1.49. The Morgan fingerprint density at radius 2 is 1.06 bits per heavy atom. The van der Waals surface area contributed by atoms with Crippen molar-refractivity contribution in [1.82, 2.24) is 31.5 Å². The van der Waals surface area contributed by atoms with Crippen LogP contribution in [0.5, 0.6) is 5.75 Å². The van der Waals surface area contributed by atoms with E-state index < -0.39 is 0 Å². The molecular weight excluding hydrogens is 680 g/mol. The van der Waals surface area contributed by atoms with Crippen LogP contribution in [0.2, 0.25) is 0 Å². The van der Waals surface area contributed by atoms with E-state index in [0.717, 1.165) is 5.56 Å². The second kappa shape index (κ2) is 22.9. The lowest BCUT2D eigenvalue weighted by Gasteiger charge is -2.23. The summed E-state index contributed by atoms with van der Waals surface area (Å²) in [5.74, 6) is -1.12. The quantitative estimate of drug-likeness (QED) is 0.173. The van der Waals surface area contributed by atoms with Crippen LogP contribution in [0.15, 0.2) is 66.7 Å². The largest absolute Gasteiger partial charge is 0.487 e. The highest BCUT2D eigenvalue weighted by Crippen LogP contribution is 2.26. The number of carbonyl (C=O) groups excluding carboxylic acids is 4. The van der Waals surface area contributed by atoms with Gasteiger partial charge in [0.25, 0.3) is 23.6 Å². The lowest BCUT2D eigenvalue weighted by molar-refractivity contribution is 0.0196. The van der Waals surface area contributed by atoms with E-state index in [1.807, 2.05) is 30.3 Å². The maximum Gasteiger partial charge on any atom is 0.255 e. The molecule has 53 heavy (non-hydrogen) atoms. The number of fused-ring (bicyclic) bond motifs is 4. The smallest absolute Gasteiger partial charge is 0.255 e. The van der Waals surface area contributed by atoms with Gasteiger partial charge in [-0.15, -0.1) is 0 Å². The van der Waals surface area contributed by atoms with Crippen molar-refractivity contribution in [2.75, 3.05) is 99.0 Å². The lowest BCUT2D eigenvalue weighted by Crippen LogP contribution is -2.41. The van der Waals surface area contributed by atoms with Gasteiger partial charge in [0.2, 0.25) is 0 Å². The van der Waals surface area contributed by atoms with Crippen molar-refractivity contribution in [2.24, 2.45) is 0 Å². The zero-order valence-electron chi connectivity index (χ0n) is 30.7. The Hall–Kier alpha value is -4.86. The Bertz CT molecular complexity index is 1620. The summed E-state index contributed by atoms with van der Waals surface area (Å²) in [7, 11) is 1.62. The van der Waals surface area contributed by atoms with E-state index in [1.54, 1.807) is 50.4 Å². The first-order valence-corrected chi connectivity index (χ1v) is 18.0. The molecule has 0 radical (unpaired) electrons. The third-order valence-corrected chi connectivity index (χ3v) is 8.51. The fraction of sp³-hybridized carbons (Fsp3) is 0.436. The highest BCUT2D eigenvalue weighted by molar-refractivity contribution is 6.04. The molecule has 14 heteroatoms. The van der Waals surface area contributed by atoms with Crippen LogP contribution in [-0.2, 0) is 20.8 Å². The number of hydrogen-bond acceptors (Lipinski definition) is 10. The average molecular weight is 733 g/mol. The molecule has 1 heterocycles. The van der Waals surface area contributed by atoms with Gasteiger partial charge in [-0.05, 0) is 42.3 Å². The van der Waals surface area contributed by atoms with Gasteiger partial charge in [0, 0.05) is 77.1 Å². The Morgan fingerprint density at radius 1 is 0.566 bits per heavy atom. The highest BCUT2D eigenvalue weighted by Gasteiger charge is 2.21. The van der Waals surface area contributed by atoms with E-state index in [1.165, 1.54) is 0 Å². The fourth-order valence-electron chi connectivity index (χ4n) is 5.59. The number of nitrogens with zero attached hydrogens (tertiary/aromatic N) is 1. The van der Waals surface area contributed by atoms with Crippen LogP contribution in [-0.4, -0.2) is 128 Å². The van der Waals surface area contributed by atoms with Gasteiger partial charge in [-0.2, -0.15) is 0 Å². The number of ether oxygens (including phenoxy) is 4. The standard InChI is InChI=1S/C39H52N6O8/c1-29-31-10-6-11-32(29)37(47)43-18-20-45(22-23-51-26-27-52-25-24-50-2)21-19-44-39(49)34-13-7-12-33(35(34)53-28-30-8-4-3-5-9-30)38(48)42-17-15-40-14-16-41-36(31)46/h3-13,40H,14-28H2,1-2H3,(H,41,46)(H,42,48)(H,43,47)(H,44,49). The second-order valence-electron chi connectivity index (χ2n) is 12.3. The average Bonchev–Trinajstić information content (AvgIpc) is 3.17. The molecule has 0 aliphatic carbocycles. The first-order chi connectivity index (χ1) is 25.9. The SMILES string of the molecule is COCCOCCOCCN1CCNC(=O)c2cccc(c2C)C(=O)NCCNCCNC(=O)c2cccc(c2OCc2ccccc2)C(=O)NCC1. The maximum absolute atomic E-state index is 13.6. The zero-order chi connectivity index (χ0) is 37.7. The fourth-order valence-corrected chi connectivity index (χ4v) is 5.59. The number of nitrogens with one attached hydrogen (secondary N) is 5. The molecule has 0 atom stereocenters. The van der Waals surface area contributed by atoms with Crippen LogP contribution in [0, 0.1) is 6.92 Å². The predicted molar refractivity (Wildman–Crippen MR) is 201 cm³/mol. The van der Waals surface area contributed by atoms with Crippen LogP contribution >= 0.6 is 0 Å². The summed E-state index contributed by atoms with van der Waals surface area (Å²) in [6.45, 7) is 7.82. The van der Waals surface area contributed by atoms with E-state index in [2.05, 4.69) is 31.5 Å². The molecule has 0 fully saturated rings. The second-order valence-corrected chi connectivity index (χ2v) is 12.3. The summed E-state index contributed by atoms with van der Waals surface area (Å²) >= 11 is 0. The zero-order valence-corrected chi connectivity index (χ0v) is 30.7. The van der Waals surface area contributed by atoms with E-state index in [9.17, 15) is 19.2 Å². The number of rotatable bonds is 12. The summed E-state index contributed by atoms with van der Waals surface area (Å²) < 4.78 is 22.4. The molecule has 0 unspecified atom stereocenters. The molecule has 3 aromatic rings. The number of hydrogen-bond donors (Lipinski definition) is 5. The number of carbonyl (C=O) groups is 4. The normalized spacial score (nSPS) is 15.7. The van der Waals surface area contributed by atoms with Crippen LogP contribution in [0.25, 0.3) is 0 Å². The molecule has 1 aliphatic heterocycles. The minimum absolute atomic E-state index is 0.165. The highest BCUT2D eigenvalue weighted by atomic mass is 16.5. The van der Waals surface area contributed by atoms with Gasteiger partial charge in [-0.3, -0.25) is 24.1 Å². The summed E-state index contributed by atoms with van der Waals surface area (Å²) in [6, 6.07) is 19.5. The monoisotopic (exact) mass is 732 g/mol. The third-order valence-electron chi connectivity index (χ3n) is 8.51. The predicted octanol–water partition coefficient (Wildman–Crippen LogP) is 1.78. The third kappa shape index (κ3) is 13.6. The molecule has 4 rings (SSSR count). The summed E-state index contributed by atoms with van der Waals surface area (Å²) in [4.78, 5) is 55.3. The van der Waals surface area contributed by atoms with Gasteiger partial charge >= 0.3 is 0 Å². The minimum Gasteiger partial charge on any atom is -0.487 e. The van der Waals surface area contributed by atoms with Crippen molar-refractivity contribution in [3.8, 4) is 5.75 Å². The van der Waals surface area contributed by atoms with Gasteiger partial charge in [-0.1, -0.05) is 42.5 Å². The molecule has 0 saturated heterocycles. The number of amides is 4. The Labute approximate surface area is 311 Å². The van der Waals surface area contributed by atoms with Crippen LogP contribution < -0.4 is 31.3 Å². The molecule has 5 N–H and O–H groups in total. The Morgan fingerprint density at radius 3 is 1.62 bits per heavy atom. The molecular formula is C39H52N6O8. The van der Waals surface area contributed by atoms with Crippen molar-refractivity contribution in [3.63, 3.8) is 0 Å². The summed E-state index contributed by atoms with van der Waals surface area (Å²) in [6.07, 6.45) is 0. The molecule has 14 nitrogen and oxygen atoms in total. The van der Waals surface area contributed by atoms with Gasteiger partial charge in [-0.25, -0.2) is 0 Å². The molecule has 0 saturated carbocycles. The van der Waals surface area contributed by atoms with Gasteiger partial charge in [0.05, 0.1) is 44.2 Å². The van der Waals surface area contributed by atoms with Crippen molar-refractivity contribution in [1.29, 1.82) is 0 Å². The molecule has 0 spiro atoms. The van der Waals surface area contributed by atoms with Crippen LogP contribution in [0.4, 0.5) is 0 Å². The molecule has 1 aliphatic rings. The van der Waals surface area contributed by atoms with Crippen molar-refractivity contribution < 1.29 is 38.1 Å². The number of methoxy groups -OCH3 is 1. The molecule has 4 amide bonds. The van der Waals surface area contributed by atoms with Gasteiger partial charge < -0.3 is 45.5 Å². The van der Waals surface area contributed by atoms with Gasteiger partial charge in [0.1, 0.15) is 12.4 Å². The van der Waals surface area contributed by atoms with E-state index >= 15 is 0 Å². The maximum atomic E-state index is 13.6. The van der Waals surface area contributed by atoms with Crippen molar-refractivity contribution >= 4 is 23.6 Å². The van der Waals surface area contributed by atoms with Crippen LogP contribution in [0.3, 0.4) is 0 Å². The molecule has 3 aromatic carbocycles. The first-order valence-electron chi connectivity index (χ1n) is 18.0. The number of para-hydroxylation sites is 1. The minimum atomic E-state index is -0.381. The first kappa shape index (κ1) is 40.9. The van der Waals surface area contributed by atoms with Crippen molar-refractivity contribution in [3.05, 3.63) is 100 Å². The van der Waals surface area contributed by atoms with E-state index in [-0.39, 0.29) is 53.7 Å². The van der Waals surface area contributed by atoms with Crippen LogP contribution in [0.1, 0.15) is 52.6 Å². The number of benzene rings is 3. The molecule has 0 aromatic heterocycles. The topological polar surface area (TPSA) is 169 Å².